The molecule has 0 aromatic carbocycles. The van der Waals surface area contributed by atoms with Gasteiger partial charge in [-0.1, -0.05) is 0 Å². The molecule has 6 heteroatoms. The number of carbonyl (C=O) groups excluding carboxylic acids is 1. The van der Waals surface area contributed by atoms with Gasteiger partial charge in [-0.25, -0.2) is 4.79 Å². The molecule has 3 nitrogen and oxygen atoms in total. The monoisotopic (exact) mass is 182 g/mol. The van der Waals surface area contributed by atoms with Crippen molar-refractivity contribution < 1.29 is 18.0 Å². The molecule has 0 spiro atoms. The van der Waals surface area contributed by atoms with Crippen molar-refractivity contribution in [1.82, 2.24) is 9.80 Å². The first-order chi connectivity index (χ1) is 5.40. The van der Waals surface area contributed by atoms with Crippen LogP contribution in [0.3, 0.4) is 0 Å². The topological polar surface area (TPSA) is 23.6 Å². The minimum absolute atomic E-state index is 0.162. The van der Waals surface area contributed by atoms with Crippen LogP contribution in [0.5, 0.6) is 0 Å². The van der Waals surface area contributed by atoms with E-state index in [2.05, 4.69) is 0 Å². The average molecular weight is 182 g/mol. The molecule has 1 rings (SSSR count). The molecule has 0 unspecified atom stereocenters. The maximum absolute atomic E-state index is 11.8. The third-order valence-electron chi connectivity index (χ3n) is 1.67. The normalized spacial score (nSPS) is 19.2. The summed E-state index contributed by atoms with van der Waals surface area (Å²) in [5, 5.41) is 0. The quantitative estimate of drug-likeness (QED) is 0.591. The lowest BCUT2D eigenvalue weighted by molar-refractivity contribution is -0.138. The van der Waals surface area contributed by atoms with Gasteiger partial charge in [-0.2, -0.15) is 13.2 Å². The van der Waals surface area contributed by atoms with Crippen LogP contribution in [0.2, 0.25) is 0 Å². The van der Waals surface area contributed by atoms with Crippen molar-refractivity contribution in [2.24, 2.45) is 0 Å². The summed E-state index contributed by atoms with van der Waals surface area (Å²) in [4.78, 5) is 13.0. The molecule has 1 heterocycles. The molecule has 12 heavy (non-hydrogen) atoms. The molecule has 2 amide bonds. The Bertz CT molecular complexity index is 192. The van der Waals surface area contributed by atoms with E-state index in [1.807, 2.05) is 0 Å². The predicted molar refractivity (Wildman–Crippen MR) is 35.7 cm³/mol. The molecule has 1 fully saturated rings. The molecule has 0 radical (unpaired) electrons. The van der Waals surface area contributed by atoms with Crippen LogP contribution in [-0.2, 0) is 0 Å². The summed E-state index contributed by atoms with van der Waals surface area (Å²) in [7, 11) is 1.48. The fourth-order valence-electron chi connectivity index (χ4n) is 1.07. The van der Waals surface area contributed by atoms with Gasteiger partial charge in [0.2, 0.25) is 0 Å². The van der Waals surface area contributed by atoms with Gasteiger partial charge in [0, 0.05) is 20.1 Å². The second-order valence-electron chi connectivity index (χ2n) is 2.74. The Hall–Kier alpha value is -0.940. The van der Waals surface area contributed by atoms with Crippen LogP contribution < -0.4 is 0 Å². The van der Waals surface area contributed by atoms with E-state index in [9.17, 15) is 18.0 Å². The summed E-state index contributed by atoms with van der Waals surface area (Å²) in [6.07, 6.45) is -4.29. The smallest absolute Gasteiger partial charge is 0.326 e. The Morgan fingerprint density at radius 2 is 2.00 bits per heavy atom. The van der Waals surface area contributed by atoms with Gasteiger partial charge >= 0.3 is 12.2 Å². The molecule has 1 saturated heterocycles. The maximum Gasteiger partial charge on any atom is 0.406 e. The van der Waals surface area contributed by atoms with Crippen LogP contribution in [0, 0.1) is 0 Å². The lowest BCUT2D eigenvalue weighted by Gasteiger charge is -2.17. The van der Waals surface area contributed by atoms with Crippen LogP contribution in [0.4, 0.5) is 18.0 Å². The van der Waals surface area contributed by atoms with E-state index in [1.165, 1.54) is 11.9 Å². The highest BCUT2D eigenvalue weighted by molar-refractivity contribution is 5.76. The summed E-state index contributed by atoms with van der Waals surface area (Å²) < 4.78 is 35.4. The van der Waals surface area contributed by atoms with Crippen molar-refractivity contribution in [3.8, 4) is 0 Å². The second kappa shape index (κ2) is 2.84. The number of rotatable bonds is 1. The molecular weight excluding hydrogens is 173 g/mol. The first-order valence-corrected chi connectivity index (χ1v) is 3.47. The van der Waals surface area contributed by atoms with Gasteiger partial charge in [0.1, 0.15) is 6.54 Å². The molecule has 1 aliphatic heterocycles. The van der Waals surface area contributed by atoms with E-state index in [0.29, 0.717) is 6.54 Å². The lowest BCUT2D eigenvalue weighted by atomic mass is 10.5. The fourth-order valence-corrected chi connectivity index (χ4v) is 1.07. The van der Waals surface area contributed by atoms with E-state index in [1.54, 1.807) is 0 Å². The predicted octanol–water partition coefficient (Wildman–Crippen LogP) is 0.916. The van der Waals surface area contributed by atoms with Crippen molar-refractivity contribution in [2.45, 2.75) is 6.18 Å². The fraction of sp³-hybridized carbons (Fsp3) is 0.833. The Morgan fingerprint density at radius 3 is 2.33 bits per heavy atom. The first-order valence-electron chi connectivity index (χ1n) is 3.47. The van der Waals surface area contributed by atoms with Crippen molar-refractivity contribution in [1.29, 1.82) is 0 Å². The highest BCUT2D eigenvalue weighted by atomic mass is 19.4. The number of amides is 2. The zero-order chi connectivity index (χ0) is 9.35. The first kappa shape index (κ1) is 9.15. The van der Waals surface area contributed by atoms with E-state index < -0.39 is 18.8 Å². The van der Waals surface area contributed by atoms with Gasteiger partial charge in [0.05, 0.1) is 0 Å². The summed E-state index contributed by atoms with van der Waals surface area (Å²) in [6, 6.07) is -0.549. The summed E-state index contributed by atoms with van der Waals surface area (Å²) >= 11 is 0. The summed E-state index contributed by atoms with van der Waals surface area (Å²) in [5.74, 6) is 0. The van der Waals surface area contributed by atoms with Gasteiger partial charge in [-0.05, 0) is 0 Å². The van der Waals surface area contributed by atoms with Gasteiger partial charge in [-0.15, -0.1) is 0 Å². The molecule has 1 aliphatic rings. The van der Waals surface area contributed by atoms with Crippen molar-refractivity contribution in [2.75, 3.05) is 26.7 Å². The number of halogens is 3. The average Bonchev–Trinajstić information content (AvgIpc) is 2.16. The molecule has 0 atom stereocenters. The number of nitrogens with zero attached hydrogens (tertiary/aromatic N) is 2. The third kappa shape index (κ3) is 2.02. The Morgan fingerprint density at radius 1 is 1.42 bits per heavy atom. The van der Waals surface area contributed by atoms with Crippen LogP contribution >= 0.6 is 0 Å². The molecule has 0 aromatic heterocycles. The SMILES string of the molecule is CN1CCN(CC(F)(F)F)C1=O. The summed E-state index contributed by atoms with van der Waals surface area (Å²) in [6.45, 7) is -0.611. The number of likely N-dealkylation sites (N-methyl/N-ethyl adjacent to an activating group) is 1. The van der Waals surface area contributed by atoms with Gasteiger partial charge in [0.15, 0.2) is 0 Å². The van der Waals surface area contributed by atoms with Crippen molar-refractivity contribution in [3.63, 3.8) is 0 Å². The molecule has 0 bridgehead atoms. The lowest BCUT2D eigenvalue weighted by Crippen LogP contribution is -2.37. The van der Waals surface area contributed by atoms with E-state index in [4.69, 9.17) is 0 Å². The zero-order valence-corrected chi connectivity index (χ0v) is 6.56. The van der Waals surface area contributed by atoms with Crippen molar-refractivity contribution >= 4 is 6.03 Å². The van der Waals surface area contributed by atoms with Crippen molar-refractivity contribution in [3.05, 3.63) is 0 Å². The van der Waals surface area contributed by atoms with E-state index in [0.717, 1.165) is 4.90 Å². The second-order valence-corrected chi connectivity index (χ2v) is 2.74. The summed E-state index contributed by atoms with van der Waals surface area (Å²) in [5.41, 5.74) is 0. The third-order valence-corrected chi connectivity index (χ3v) is 1.67. The standard InChI is InChI=1S/C6H9F3N2O/c1-10-2-3-11(5(10)12)4-6(7,8)9/h2-4H2,1H3. The van der Waals surface area contributed by atoms with Gasteiger partial charge < -0.3 is 9.80 Å². The minimum atomic E-state index is -4.29. The largest absolute Gasteiger partial charge is 0.406 e. The molecule has 0 saturated carbocycles. The minimum Gasteiger partial charge on any atom is -0.326 e. The van der Waals surface area contributed by atoms with E-state index in [-0.39, 0.29) is 6.54 Å². The highest BCUT2D eigenvalue weighted by Crippen LogP contribution is 2.18. The highest BCUT2D eigenvalue weighted by Gasteiger charge is 2.36. The molecule has 70 valence electrons. The maximum atomic E-state index is 11.8. The Labute approximate surface area is 67.7 Å². The van der Waals surface area contributed by atoms with Crippen LogP contribution in [-0.4, -0.2) is 48.7 Å². The molecule has 0 aliphatic carbocycles. The Balaban J connectivity index is 2.50. The van der Waals surface area contributed by atoms with Crippen LogP contribution in [0.25, 0.3) is 0 Å². The number of alkyl halides is 3. The zero-order valence-electron chi connectivity index (χ0n) is 6.56. The molecule has 0 N–H and O–H groups in total. The molecular formula is C6H9F3N2O. The Kier molecular flexibility index (Phi) is 2.16. The van der Waals surface area contributed by atoms with E-state index >= 15 is 0 Å². The van der Waals surface area contributed by atoms with Crippen LogP contribution in [0.1, 0.15) is 0 Å². The number of carbonyl (C=O) groups is 1. The van der Waals surface area contributed by atoms with Gasteiger partial charge in [0.25, 0.3) is 0 Å². The number of hydrogen-bond donors (Lipinski definition) is 0. The molecule has 0 aromatic rings. The van der Waals surface area contributed by atoms with Gasteiger partial charge in [-0.3, -0.25) is 0 Å². The van der Waals surface area contributed by atoms with Crippen LogP contribution in [0.15, 0.2) is 0 Å². The number of hydrogen-bond acceptors (Lipinski definition) is 1. The number of urea groups is 1.